The lowest BCUT2D eigenvalue weighted by Gasteiger charge is -2.03. The van der Waals surface area contributed by atoms with Crippen molar-refractivity contribution >= 4 is 17.3 Å². The molecule has 2 aromatic heterocycles. The minimum atomic E-state index is -0.493. The van der Waals surface area contributed by atoms with Crippen molar-refractivity contribution in [2.75, 3.05) is 6.61 Å². The molecule has 0 N–H and O–H groups in total. The molecule has 0 spiro atoms. The smallest absolute Gasteiger partial charge is 0.420 e. The largest absolute Gasteiger partial charge is 0.449 e. The molecule has 20 heavy (non-hydrogen) atoms. The molecular formula is C14H12N4O2. The fraction of sp³-hybridized carbons (Fsp3) is 0.143. The topological polar surface area (TPSA) is 69.9 Å². The quantitative estimate of drug-likeness (QED) is 0.714. The van der Waals surface area contributed by atoms with Crippen LogP contribution in [0.5, 0.6) is 0 Å². The maximum atomic E-state index is 11.8. The van der Waals surface area contributed by atoms with E-state index in [0.717, 1.165) is 5.56 Å². The zero-order valence-corrected chi connectivity index (χ0v) is 10.9. The van der Waals surface area contributed by atoms with E-state index >= 15 is 0 Å². The second kappa shape index (κ2) is 5.08. The summed E-state index contributed by atoms with van der Waals surface area (Å²) in [5.41, 5.74) is 1.88. The first-order valence-corrected chi connectivity index (χ1v) is 6.22. The maximum Gasteiger partial charge on any atom is 0.420 e. The summed E-state index contributed by atoms with van der Waals surface area (Å²) in [6, 6.07) is 9.56. The number of carbonyl (C=O) groups is 1. The van der Waals surface area contributed by atoms with Gasteiger partial charge in [0.15, 0.2) is 11.5 Å². The van der Waals surface area contributed by atoms with Gasteiger partial charge >= 0.3 is 6.09 Å². The van der Waals surface area contributed by atoms with Gasteiger partial charge in [-0.15, -0.1) is 0 Å². The summed E-state index contributed by atoms with van der Waals surface area (Å²) in [6.07, 6.45) is 2.50. The van der Waals surface area contributed by atoms with E-state index in [1.807, 2.05) is 30.3 Å². The lowest BCUT2D eigenvalue weighted by atomic mass is 10.2. The Morgan fingerprint density at radius 1 is 1.25 bits per heavy atom. The van der Waals surface area contributed by atoms with E-state index in [4.69, 9.17) is 4.74 Å². The van der Waals surface area contributed by atoms with Gasteiger partial charge in [-0.2, -0.15) is 0 Å². The number of hydrogen-bond acceptors (Lipinski definition) is 5. The summed E-state index contributed by atoms with van der Waals surface area (Å²) in [7, 11) is 0. The van der Waals surface area contributed by atoms with Crippen LogP contribution < -0.4 is 0 Å². The van der Waals surface area contributed by atoms with Crippen LogP contribution in [0.3, 0.4) is 0 Å². The lowest BCUT2D eigenvalue weighted by molar-refractivity contribution is 0.155. The molecule has 6 heteroatoms. The molecule has 0 bridgehead atoms. The number of ether oxygens (including phenoxy) is 1. The molecule has 0 aliphatic heterocycles. The van der Waals surface area contributed by atoms with Gasteiger partial charge in [0, 0.05) is 5.56 Å². The van der Waals surface area contributed by atoms with Crippen LogP contribution in [0.1, 0.15) is 6.92 Å². The Labute approximate surface area is 115 Å². The van der Waals surface area contributed by atoms with Crippen LogP contribution in [0.2, 0.25) is 0 Å². The number of hydrogen-bond donors (Lipinski definition) is 0. The molecule has 3 rings (SSSR count). The third kappa shape index (κ3) is 2.11. The van der Waals surface area contributed by atoms with Gasteiger partial charge in [0.05, 0.1) is 12.8 Å². The first-order valence-electron chi connectivity index (χ1n) is 6.22. The monoisotopic (exact) mass is 268 g/mol. The van der Waals surface area contributed by atoms with Crippen molar-refractivity contribution in [2.24, 2.45) is 0 Å². The van der Waals surface area contributed by atoms with E-state index in [1.54, 1.807) is 13.1 Å². The lowest BCUT2D eigenvalue weighted by Crippen LogP contribution is -2.13. The van der Waals surface area contributed by atoms with Crippen molar-refractivity contribution in [1.29, 1.82) is 0 Å². The van der Waals surface area contributed by atoms with E-state index < -0.39 is 6.09 Å². The SMILES string of the molecule is CCOC(=O)n1cnc2cnc(-c3ccccc3)nc21. The highest BCUT2D eigenvalue weighted by Gasteiger charge is 2.13. The van der Waals surface area contributed by atoms with Crippen LogP contribution in [0, 0.1) is 0 Å². The van der Waals surface area contributed by atoms with Crippen molar-refractivity contribution in [2.45, 2.75) is 6.92 Å². The summed E-state index contributed by atoms with van der Waals surface area (Å²) in [6.45, 7) is 2.05. The molecule has 0 atom stereocenters. The Morgan fingerprint density at radius 3 is 2.80 bits per heavy atom. The molecule has 0 amide bonds. The maximum absolute atomic E-state index is 11.8. The molecule has 1 aromatic carbocycles. The van der Waals surface area contributed by atoms with Crippen molar-refractivity contribution in [3.05, 3.63) is 42.9 Å². The molecule has 3 aromatic rings. The zero-order valence-electron chi connectivity index (χ0n) is 10.9. The van der Waals surface area contributed by atoms with Gasteiger partial charge in [-0.3, -0.25) is 0 Å². The van der Waals surface area contributed by atoms with E-state index in [2.05, 4.69) is 15.0 Å². The van der Waals surface area contributed by atoms with E-state index in [-0.39, 0.29) is 0 Å². The Balaban J connectivity index is 2.10. The third-order valence-electron chi connectivity index (χ3n) is 2.79. The van der Waals surface area contributed by atoms with Gasteiger partial charge < -0.3 is 4.74 Å². The predicted octanol–water partition coefficient (Wildman–Crippen LogP) is 2.50. The van der Waals surface area contributed by atoms with E-state index in [1.165, 1.54) is 10.9 Å². The Bertz CT molecular complexity index is 752. The minimum absolute atomic E-state index is 0.301. The number of aromatic nitrogens is 4. The Hall–Kier alpha value is -2.76. The summed E-state index contributed by atoms with van der Waals surface area (Å²) in [4.78, 5) is 24.6. The van der Waals surface area contributed by atoms with Gasteiger partial charge in [0.1, 0.15) is 11.8 Å². The first kappa shape index (κ1) is 12.3. The highest BCUT2D eigenvalue weighted by Crippen LogP contribution is 2.17. The standard InChI is InChI=1S/C14H12N4O2/c1-2-20-14(19)18-9-16-11-8-15-12(17-13(11)18)10-6-4-3-5-7-10/h3-9H,2H2,1H3. The Morgan fingerprint density at radius 2 is 2.05 bits per heavy atom. The molecule has 0 saturated carbocycles. The number of imidazole rings is 1. The summed E-state index contributed by atoms with van der Waals surface area (Å²) in [5, 5.41) is 0. The van der Waals surface area contributed by atoms with Gasteiger partial charge in [0.2, 0.25) is 0 Å². The fourth-order valence-electron chi connectivity index (χ4n) is 1.86. The van der Waals surface area contributed by atoms with Gasteiger partial charge in [-0.05, 0) is 6.92 Å². The molecule has 0 aliphatic rings. The molecule has 0 aliphatic carbocycles. The zero-order chi connectivity index (χ0) is 13.9. The summed E-state index contributed by atoms with van der Waals surface area (Å²) < 4.78 is 6.25. The van der Waals surface area contributed by atoms with Gasteiger partial charge in [0.25, 0.3) is 0 Å². The highest BCUT2D eigenvalue weighted by molar-refractivity contribution is 5.84. The molecule has 2 heterocycles. The summed E-state index contributed by atoms with van der Waals surface area (Å²) in [5.74, 6) is 0.546. The van der Waals surface area contributed by atoms with Crippen molar-refractivity contribution in [1.82, 2.24) is 19.5 Å². The minimum Gasteiger partial charge on any atom is -0.449 e. The van der Waals surface area contributed by atoms with E-state index in [0.29, 0.717) is 23.6 Å². The molecule has 0 unspecified atom stereocenters. The average Bonchev–Trinajstić information content (AvgIpc) is 2.91. The normalized spacial score (nSPS) is 10.7. The van der Waals surface area contributed by atoms with Crippen LogP contribution in [-0.2, 0) is 4.74 Å². The van der Waals surface area contributed by atoms with Crippen molar-refractivity contribution < 1.29 is 9.53 Å². The molecule has 0 fully saturated rings. The first-order chi connectivity index (χ1) is 9.79. The second-order valence-electron chi connectivity index (χ2n) is 4.08. The molecule has 6 nitrogen and oxygen atoms in total. The van der Waals surface area contributed by atoms with Crippen molar-refractivity contribution in [3.63, 3.8) is 0 Å². The fourth-order valence-corrected chi connectivity index (χ4v) is 1.86. The van der Waals surface area contributed by atoms with Gasteiger partial charge in [-0.25, -0.2) is 24.3 Å². The highest BCUT2D eigenvalue weighted by atomic mass is 16.5. The third-order valence-corrected chi connectivity index (χ3v) is 2.79. The number of fused-ring (bicyclic) bond motifs is 1. The average molecular weight is 268 g/mol. The summed E-state index contributed by atoms with van der Waals surface area (Å²) >= 11 is 0. The molecule has 0 radical (unpaired) electrons. The van der Waals surface area contributed by atoms with Gasteiger partial charge in [-0.1, -0.05) is 30.3 Å². The predicted molar refractivity (Wildman–Crippen MR) is 73.2 cm³/mol. The number of carbonyl (C=O) groups excluding carboxylic acids is 1. The second-order valence-corrected chi connectivity index (χ2v) is 4.08. The number of nitrogens with zero attached hydrogens (tertiary/aromatic N) is 4. The van der Waals surface area contributed by atoms with Crippen LogP contribution >= 0.6 is 0 Å². The Kier molecular flexibility index (Phi) is 3.12. The molecule has 0 saturated heterocycles. The van der Waals surface area contributed by atoms with Crippen LogP contribution in [0.25, 0.3) is 22.6 Å². The van der Waals surface area contributed by atoms with Crippen molar-refractivity contribution in [3.8, 4) is 11.4 Å². The van der Waals surface area contributed by atoms with E-state index in [9.17, 15) is 4.79 Å². The number of rotatable bonds is 2. The molecule has 100 valence electrons. The number of benzene rings is 1. The molecular weight excluding hydrogens is 256 g/mol. The van der Waals surface area contributed by atoms with Crippen LogP contribution in [0.4, 0.5) is 4.79 Å². The van der Waals surface area contributed by atoms with Crippen LogP contribution in [0.15, 0.2) is 42.9 Å². The van der Waals surface area contributed by atoms with Crippen LogP contribution in [-0.4, -0.2) is 32.2 Å².